The molecule has 0 radical (unpaired) electrons. The van der Waals surface area contributed by atoms with Gasteiger partial charge in [-0.05, 0) is 25.1 Å². The molecule has 0 saturated heterocycles. The molecule has 0 atom stereocenters. The van der Waals surface area contributed by atoms with Gasteiger partial charge in [-0.3, -0.25) is 4.79 Å². The van der Waals surface area contributed by atoms with Crippen LogP contribution in [0.15, 0.2) is 40.0 Å². The Balaban J connectivity index is 2.10. The summed E-state index contributed by atoms with van der Waals surface area (Å²) in [6.45, 7) is 1.46. The van der Waals surface area contributed by atoms with Gasteiger partial charge in [0.2, 0.25) is 0 Å². The van der Waals surface area contributed by atoms with Crippen LogP contribution in [0.3, 0.4) is 0 Å². The third kappa shape index (κ3) is 4.54. The van der Waals surface area contributed by atoms with E-state index in [1.54, 1.807) is 24.3 Å². The Morgan fingerprint density at radius 2 is 1.86 bits per heavy atom. The zero-order chi connectivity index (χ0) is 16.3. The molecule has 0 amide bonds. The standard InChI is InChI=1S/C14H10BrF3N2OS/c1-8-6-12(14(16,17)18)20-13(19-8)22-7-11(21)9-2-4-10(15)5-3-9/h2-6H,7H2,1H3. The smallest absolute Gasteiger partial charge is 0.293 e. The number of nitrogens with zero attached hydrogens (tertiary/aromatic N) is 2. The quantitative estimate of drug-likeness (QED) is 0.436. The van der Waals surface area contributed by atoms with Crippen LogP contribution < -0.4 is 0 Å². The van der Waals surface area contributed by atoms with Gasteiger partial charge in [-0.1, -0.05) is 39.8 Å². The number of ketones is 1. The van der Waals surface area contributed by atoms with E-state index in [2.05, 4.69) is 25.9 Å². The number of halogens is 4. The molecule has 2 aromatic rings. The van der Waals surface area contributed by atoms with Crippen molar-refractivity contribution in [2.45, 2.75) is 18.3 Å². The second-order valence-electron chi connectivity index (χ2n) is 4.39. The van der Waals surface area contributed by atoms with Gasteiger partial charge in [-0.25, -0.2) is 9.97 Å². The van der Waals surface area contributed by atoms with E-state index in [0.717, 1.165) is 22.3 Å². The first-order chi connectivity index (χ1) is 10.3. The average molecular weight is 391 g/mol. The van der Waals surface area contributed by atoms with Crippen LogP contribution >= 0.6 is 27.7 Å². The fraction of sp³-hybridized carbons (Fsp3) is 0.214. The largest absolute Gasteiger partial charge is 0.433 e. The summed E-state index contributed by atoms with van der Waals surface area (Å²) >= 11 is 4.15. The molecule has 2 rings (SSSR count). The molecule has 116 valence electrons. The number of alkyl halides is 3. The van der Waals surface area contributed by atoms with Gasteiger partial charge >= 0.3 is 6.18 Å². The molecule has 0 aliphatic carbocycles. The Morgan fingerprint density at radius 3 is 2.45 bits per heavy atom. The molecular weight excluding hydrogens is 381 g/mol. The third-order valence-electron chi connectivity index (χ3n) is 2.62. The second-order valence-corrected chi connectivity index (χ2v) is 6.25. The minimum atomic E-state index is -4.53. The van der Waals surface area contributed by atoms with Crippen molar-refractivity contribution in [1.82, 2.24) is 9.97 Å². The number of hydrogen-bond acceptors (Lipinski definition) is 4. The lowest BCUT2D eigenvalue weighted by Gasteiger charge is -2.08. The number of aromatic nitrogens is 2. The number of benzene rings is 1. The molecule has 0 unspecified atom stereocenters. The fourth-order valence-electron chi connectivity index (χ4n) is 1.60. The van der Waals surface area contributed by atoms with Crippen molar-refractivity contribution < 1.29 is 18.0 Å². The molecule has 1 heterocycles. The first-order valence-electron chi connectivity index (χ1n) is 6.10. The SMILES string of the molecule is Cc1cc(C(F)(F)F)nc(SCC(=O)c2ccc(Br)cc2)n1. The van der Waals surface area contributed by atoms with E-state index < -0.39 is 11.9 Å². The number of thioether (sulfide) groups is 1. The van der Waals surface area contributed by atoms with Crippen molar-refractivity contribution in [1.29, 1.82) is 0 Å². The molecule has 0 spiro atoms. The van der Waals surface area contributed by atoms with Gasteiger partial charge in [0.1, 0.15) is 5.69 Å². The lowest BCUT2D eigenvalue weighted by Crippen LogP contribution is -2.11. The summed E-state index contributed by atoms with van der Waals surface area (Å²) in [5, 5.41) is -0.0576. The molecule has 0 fully saturated rings. The van der Waals surface area contributed by atoms with Gasteiger partial charge in [-0.15, -0.1) is 0 Å². The Labute approximate surface area is 137 Å². The van der Waals surface area contributed by atoms with Gasteiger partial charge in [0.15, 0.2) is 10.9 Å². The molecule has 1 aromatic heterocycles. The molecule has 0 saturated carbocycles. The van der Waals surface area contributed by atoms with Crippen LogP contribution in [0.4, 0.5) is 13.2 Å². The van der Waals surface area contributed by atoms with Crippen LogP contribution in [0, 0.1) is 6.92 Å². The van der Waals surface area contributed by atoms with Crippen molar-refractivity contribution in [2.75, 3.05) is 5.75 Å². The molecule has 1 aromatic carbocycles. The maximum Gasteiger partial charge on any atom is 0.433 e. The van der Waals surface area contributed by atoms with Crippen LogP contribution in [0.25, 0.3) is 0 Å². The number of carbonyl (C=O) groups excluding carboxylic acids is 1. The van der Waals surface area contributed by atoms with Crippen molar-refractivity contribution >= 4 is 33.5 Å². The first-order valence-corrected chi connectivity index (χ1v) is 7.88. The number of rotatable bonds is 4. The van der Waals surface area contributed by atoms with Gasteiger partial charge in [0.25, 0.3) is 0 Å². The van der Waals surface area contributed by atoms with E-state index in [-0.39, 0.29) is 22.4 Å². The maximum absolute atomic E-state index is 12.7. The summed E-state index contributed by atoms with van der Waals surface area (Å²) in [5.41, 5.74) is -0.307. The molecule has 0 aliphatic heterocycles. The summed E-state index contributed by atoms with van der Waals surface area (Å²) in [6.07, 6.45) is -4.53. The van der Waals surface area contributed by atoms with Crippen molar-refractivity contribution in [3.63, 3.8) is 0 Å². The molecule has 0 aliphatic rings. The van der Waals surface area contributed by atoms with Crippen LogP contribution in [0.1, 0.15) is 21.7 Å². The van der Waals surface area contributed by atoms with Crippen molar-refractivity contribution in [3.05, 3.63) is 51.8 Å². The first kappa shape index (κ1) is 17.0. The van der Waals surface area contributed by atoms with E-state index in [1.807, 2.05) is 0 Å². The highest BCUT2D eigenvalue weighted by molar-refractivity contribution is 9.10. The summed E-state index contributed by atoms with van der Waals surface area (Å²) in [6, 6.07) is 7.61. The Morgan fingerprint density at radius 1 is 1.23 bits per heavy atom. The molecule has 8 heteroatoms. The minimum Gasteiger partial charge on any atom is -0.293 e. The van der Waals surface area contributed by atoms with E-state index in [1.165, 1.54) is 6.92 Å². The lowest BCUT2D eigenvalue weighted by molar-refractivity contribution is -0.141. The summed E-state index contributed by atoms with van der Waals surface area (Å²) < 4.78 is 38.9. The van der Waals surface area contributed by atoms with Crippen LogP contribution in [-0.2, 0) is 6.18 Å². The van der Waals surface area contributed by atoms with Crippen LogP contribution in [0.5, 0.6) is 0 Å². The predicted octanol–water partition coefficient (Wildman–Crippen LogP) is 4.54. The van der Waals surface area contributed by atoms with Crippen LogP contribution in [-0.4, -0.2) is 21.5 Å². The van der Waals surface area contributed by atoms with E-state index in [4.69, 9.17) is 0 Å². The Kier molecular flexibility index (Phi) is 5.23. The fourth-order valence-corrected chi connectivity index (χ4v) is 2.66. The highest BCUT2D eigenvalue weighted by Gasteiger charge is 2.33. The highest BCUT2D eigenvalue weighted by atomic mass is 79.9. The normalized spacial score (nSPS) is 11.5. The number of aryl methyl sites for hydroxylation is 1. The highest BCUT2D eigenvalue weighted by Crippen LogP contribution is 2.29. The lowest BCUT2D eigenvalue weighted by atomic mass is 10.2. The summed E-state index contributed by atoms with van der Waals surface area (Å²) in [5.74, 6) is -0.223. The van der Waals surface area contributed by atoms with E-state index in [0.29, 0.717) is 5.56 Å². The van der Waals surface area contributed by atoms with Crippen LogP contribution in [0.2, 0.25) is 0 Å². The molecular formula is C14H10BrF3N2OS. The zero-order valence-corrected chi connectivity index (χ0v) is 13.7. The second kappa shape index (κ2) is 6.78. The van der Waals surface area contributed by atoms with Gasteiger partial charge in [0.05, 0.1) is 5.75 Å². The van der Waals surface area contributed by atoms with E-state index >= 15 is 0 Å². The van der Waals surface area contributed by atoms with E-state index in [9.17, 15) is 18.0 Å². The Bertz CT molecular complexity index is 689. The zero-order valence-electron chi connectivity index (χ0n) is 11.3. The van der Waals surface area contributed by atoms with Gasteiger partial charge in [0, 0.05) is 15.7 Å². The number of carbonyl (C=O) groups is 1. The topological polar surface area (TPSA) is 42.9 Å². The summed E-state index contributed by atoms with van der Waals surface area (Å²) in [7, 11) is 0. The molecule has 3 nitrogen and oxygen atoms in total. The Hall–Kier alpha value is -1.41. The number of Topliss-reactive ketones (excluding diaryl/α,β-unsaturated/α-hetero) is 1. The predicted molar refractivity (Wildman–Crippen MR) is 81.0 cm³/mol. The van der Waals surface area contributed by atoms with Gasteiger partial charge < -0.3 is 0 Å². The maximum atomic E-state index is 12.7. The van der Waals surface area contributed by atoms with Crippen molar-refractivity contribution in [3.8, 4) is 0 Å². The van der Waals surface area contributed by atoms with Crippen molar-refractivity contribution in [2.24, 2.45) is 0 Å². The molecule has 22 heavy (non-hydrogen) atoms. The molecule has 0 N–H and O–H groups in total. The summed E-state index contributed by atoms with van der Waals surface area (Å²) in [4.78, 5) is 19.4. The van der Waals surface area contributed by atoms with Gasteiger partial charge in [-0.2, -0.15) is 13.2 Å². The third-order valence-corrected chi connectivity index (χ3v) is 4.00. The monoisotopic (exact) mass is 390 g/mol. The average Bonchev–Trinajstić information content (AvgIpc) is 2.44. The minimum absolute atomic E-state index is 0.0254. The number of hydrogen-bond donors (Lipinski definition) is 0. The molecule has 0 bridgehead atoms.